The SMILES string of the molecule is CC(C)OP(=S)(O[NH3+])OC(C)C. The summed E-state index contributed by atoms with van der Waals surface area (Å²) in [5.74, 6) is 3.26. The van der Waals surface area contributed by atoms with Crippen molar-refractivity contribution in [3.05, 3.63) is 0 Å². The topological polar surface area (TPSA) is 55.3 Å². The van der Waals surface area contributed by atoms with Crippen LogP contribution in [0, 0.1) is 0 Å². The summed E-state index contributed by atoms with van der Waals surface area (Å²) in [5, 5.41) is 0. The molecule has 0 unspecified atom stereocenters. The molecule has 0 saturated carbocycles. The van der Waals surface area contributed by atoms with Gasteiger partial charge in [0.1, 0.15) is 0 Å². The van der Waals surface area contributed by atoms with Crippen LogP contribution < -0.4 is 5.90 Å². The zero-order chi connectivity index (χ0) is 9.78. The minimum absolute atomic E-state index is 0.00340. The molecule has 0 saturated heterocycles. The molecule has 12 heavy (non-hydrogen) atoms. The van der Waals surface area contributed by atoms with Gasteiger partial charge in [-0.05, 0) is 39.5 Å². The molecule has 0 spiro atoms. The van der Waals surface area contributed by atoms with Crippen LogP contribution in [-0.4, -0.2) is 12.2 Å². The van der Waals surface area contributed by atoms with Crippen molar-refractivity contribution in [2.45, 2.75) is 39.9 Å². The molecule has 0 fully saturated rings. The van der Waals surface area contributed by atoms with Crippen LogP contribution in [0.3, 0.4) is 0 Å². The normalized spacial score (nSPS) is 12.9. The summed E-state index contributed by atoms with van der Waals surface area (Å²) in [5.41, 5.74) is 0. The first-order valence-electron chi connectivity index (χ1n) is 3.80. The highest BCUT2D eigenvalue weighted by molar-refractivity contribution is 8.07. The maximum absolute atomic E-state index is 5.32. The molecule has 74 valence electrons. The van der Waals surface area contributed by atoms with Crippen molar-refractivity contribution in [2.75, 3.05) is 0 Å². The van der Waals surface area contributed by atoms with Crippen LogP contribution in [0.2, 0.25) is 0 Å². The maximum atomic E-state index is 5.32. The van der Waals surface area contributed by atoms with Crippen molar-refractivity contribution in [1.82, 2.24) is 0 Å². The lowest BCUT2D eigenvalue weighted by Crippen LogP contribution is -2.48. The van der Waals surface area contributed by atoms with E-state index in [4.69, 9.17) is 25.5 Å². The Kier molecular flexibility index (Phi) is 5.48. The molecule has 0 aromatic rings. The molecule has 0 radical (unpaired) electrons. The fourth-order valence-corrected chi connectivity index (χ4v) is 2.84. The molecule has 0 bridgehead atoms. The summed E-state index contributed by atoms with van der Waals surface area (Å²) in [4.78, 5) is 0. The van der Waals surface area contributed by atoms with Gasteiger partial charge in [-0.3, -0.25) is 0 Å². The van der Waals surface area contributed by atoms with Gasteiger partial charge in [-0.15, -0.1) is 4.62 Å². The summed E-state index contributed by atoms with van der Waals surface area (Å²) in [6, 6.07) is 0. The second kappa shape index (κ2) is 5.27. The van der Waals surface area contributed by atoms with E-state index in [1.165, 1.54) is 0 Å². The number of hydrogen-bond donors (Lipinski definition) is 1. The first kappa shape index (κ1) is 12.5. The largest absolute Gasteiger partial charge is 0.381 e. The molecular weight excluding hydrogens is 197 g/mol. The average molecular weight is 214 g/mol. The van der Waals surface area contributed by atoms with Crippen LogP contribution in [0.1, 0.15) is 27.7 Å². The van der Waals surface area contributed by atoms with Crippen LogP contribution in [0.4, 0.5) is 0 Å². The molecule has 0 heterocycles. The summed E-state index contributed by atoms with van der Waals surface area (Å²) >= 11 is 5.04. The van der Waals surface area contributed by atoms with Gasteiger partial charge in [-0.1, -0.05) is 0 Å². The molecule has 0 aliphatic rings. The van der Waals surface area contributed by atoms with Crippen LogP contribution in [-0.2, 0) is 25.5 Å². The van der Waals surface area contributed by atoms with Crippen LogP contribution >= 0.6 is 6.72 Å². The predicted octanol–water partition coefficient (Wildman–Crippen LogP) is 1.23. The molecule has 0 atom stereocenters. The third-order valence-electron chi connectivity index (χ3n) is 0.838. The van der Waals surface area contributed by atoms with Gasteiger partial charge in [0.2, 0.25) is 0 Å². The van der Waals surface area contributed by atoms with Gasteiger partial charge in [-0.25, -0.2) is 5.90 Å². The maximum Gasteiger partial charge on any atom is 0.381 e. The van der Waals surface area contributed by atoms with Crippen LogP contribution in [0.15, 0.2) is 0 Å². The summed E-state index contributed by atoms with van der Waals surface area (Å²) in [6.45, 7) is 4.92. The highest BCUT2D eigenvalue weighted by atomic mass is 32.5. The second-order valence-corrected chi connectivity index (χ2v) is 5.80. The first-order chi connectivity index (χ1) is 5.39. The highest BCUT2D eigenvalue weighted by Gasteiger charge is 2.25. The monoisotopic (exact) mass is 214 g/mol. The van der Waals surface area contributed by atoms with Gasteiger partial charge in [-0.2, -0.15) is 0 Å². The van der Waals surface area contributed by atoms with E-state index in [1.807, 2.05) is 27.7 Å². The summed E-state index contributed by atoms with van der Waals surface area (Å²) in [7, 11) is 0. The number of rotatable bonds is 5. The van der Waals surface area contributed by atoms with Gasteiger partial charge >= 0.3 is 6.72 Å². The molecule has 0 amide bonds. The molecular formula is C6H17NO3PS+. The molecule has 3 N–H and O–H groups in total. The minimum atomic E-state index is -2.59. The molecule has 0 aromatic carbocycles. The highest BCUT2D eigenvalue weighted by Crippen LogP contribution is 2.49. The minimum Gasteiger partial charge on any atom is -0.303 e. The first-order valence-corrected chi connectivity index (χ1v) is 6.36. The van der Waals surface area contributed by atoms with E-state index in [0.29, 0.717) is 0 Å². The van der Waals surface area contributed by atoms with Crippen molar-refractivity contribution in [2.24, 2.45) is 0 Å². The van der Waals surface area contributed by atoms with Crippen LogP contribution in [0.25, 0.3) is 0 Å². The van der Waals surface area contributed by atoms with Crippen molar-refractivity contribution in [1.29, 1.82) is 0 Å². The fourth-order valence-electron chi connectivity index (χ4n) is 0.602. The lowest BCUT2D eigenvalue weighted by Gasteiger charge is -2.20. The Morgan fingerprint density at radius 3 is 1.58 bits per heavy atom. The molecule has 4 nitrogen and oxygen atoms in total. The molecule has 0 aliphatic carbocycles. The van der Waals surface area contributed by atoms with E-state index < -0.39 is 6.72 Å². The Hall–Kier alpha value is 0.490. The number of hydrogen-bond acceptors (Lipinski definition) is 4. The predicted molar refractivity (Wildman–Crippen MR) is 50.7 cm³/mol. The molecule has 6 heteroatoms. The molecule has 0 aromatic heterocycles. The van der Waals surface area contributed by atoms with Crippen molar-refractivity contribution in [3.63, 3.8) is 0 Å². The van der Waals surface area contributed by atoms with Gasteiger partial charge in [0.05, 0.1) is 12.2 Å². The fraction of sp³-hybridized carbons (Fsp3) is 1.00. The van der Waals surface area contributed by atoms with Gasteiger partial charge in [0.15, 0.2) is 0 Å². The van der Waals surface area contributed by atoms with Gasteiger partial charge < -0.3 is 9.05 Å². The van der Waals surface area contributed by atoms with Gasteiger partial charge in [0, 0.05) is 0 Å². The van der Waals surface area contributed by atoms with E-state index >= 15 is 0 Å². The number of quaternary nitrogens is 1. The van der Waals surface area contributed by atoms with E-state index in [2.05, 4.69) is 5.90 Å². The van der Waals surface area contributed by atoms with E-state index in [9.17, 15) is 0 Å². The van der Waals surface area contributed by atoms with E-state index in [-0.39, 0.29) is 12.2 Å². The van der Waals surface area contributed by atoms with E-state index in [0.717, 1.165) is 0 Å². The lowest BCUT2D eigenvalue weighted by atomic mass is 10.5. The van der Waals surface area contributed by atoms with E-state index in [1.54, 1.807) is 0 Å². The Morgan fingerprint density at radius 1 is 1.08 bits per heavy atom. The zero-order valence-corrected chi connectivity index (χ0v) is 9.65. The zero-order valence-electron chi connectivity index (χ0n) is 7.94. The lowest BCUT2D eigenvalue weighted by molar-refractivity contribution is -0.641. The van der Waals surface area contributed by atoms with Gasteiger partial charge in [0.25, 0.3) is 0 Å². The third kappa shape index (κ3) is 5.19. The quantitative estimate of drug-likeness (QED) is 0.552. The average Bonchev–Trinajstić information content (AvgIpc) is 1.83. The van der Waals surface area contributed by atoms with Crippen molar-refractivity contribution < 1.29 is 19.6 Å². The van der Waals surface area contributed by atoms with Crippen molar-refractivity contribution >= 4 is 18.5 Å². The second-order valence-electron chi connectivity index (χ2n) is 2.88. The Bertz CT molecular complexity index is 160. The standard InChI is InChI=1S/C6H17NO3PS/c1-5(2)8-11(12,10-7)9-6(3)4/h5-6H,1-4,7H3/q+1. The Labute approximate surface area is 78.6 Å². The molecule has 0 aliphatic heterocycles. The third-order valence-corrected chi connectivity index (χ3v) is 3.35. The van der Waals surface area contributed by atoms with Crippen LogP contribution in [0.5, 0.6) is 0 Å². The Balaban J connectivity index is 4.15. The Morgan fingerprint density at radius 2 is 1.42 bits per heavy atom. The summed E-state index contributed by atoms with van der Waals surface area (Å²) < 4.78 is 15.4. The molecule has 0 rings (SSSR count). The van der Waals surface area contributed by atoms with Crippen molar-refractivity contribution in [3.8, 4) is 0 Å². The smallest absolute Gasteiger partial charge is 0.303 e. The summed E-state index contributed by atoms with van der Waals surface area (Å²) in [6.07, 6.45) is -0.00679.